The first kappa shape index (κ1) is 28.0. The van der Waals surface area contributed by atoms with Crippen LogP contribution in [-0.4, -0.2) is 87.6 Å². The predicted octanol–water partition coefficient (Wildman–Crippen LogP) is 3.83. The Morgan fingerprint density at radius 2 is 1.87 bits per heavy atom. The first-order valence-corrected chi connectivity index (χ1v) is 15.7. The van der Waals surface area contributed by atoms with Crippen LogP contribution < -0.4 is 9.64 Å². The zero-order valence-electron chi connectivity index (χ0n) is 22.8. The molecule has 3 aromatic rings. The number of fused-ring (bicyclic) bond motifs is 1. The smallest absolute Gasteiger partial charge is 0.247 e. The molecule has 1 amide bonds. The number of carbonyl (C=O) groups is 1. The number of nitrogens with zero attached hydrogens (tertiary/aromatic N) is 4. The molecule has 210 valence electrons. The zero-order valence-corrected chi connectivity index (χ0v) is 24.4. The van der Waals surface area contributed by atoms with E-state index in [4.69, 9.17) is 14.5 Å². The fraction of sp³-hybridized carbons (Fsp3) is 0.500. The van der Waals surface area contributed by atoms with E-state index >= 15 is 0 Å². The lowest BCUT2D eigenvalue weighted by Crippen LogP contribution is -2.48. The van der Waals surface area contributed by atoms with Crippen LogP contribution in [0.1, 0.15) is 30.4 Å². The van der Waals surface area contributed by atoms with E-state index in [0.717, 1.165) is 60.6 Å². The Hall–Kier alpha value is -2.57. The van der Waals surface area contributed by atoms with Crippen LogP contribution in [0.5, 0.6) is 5.75 Å². The number of methoxy groups -OCH3 is 1. The van der Waals surface area contributed by atoms with Gasteiger partial charge < -0.3 is 9.47 Å². The maximum absolute atomic E-state index is 14.2. The highest BCUT2D eigenvalue weighted by atomic mass is 32.2. The maximum Gasteiger partial charge on any atom is 0.247 e. The van der Waals surface area contributed by atoms with Crippen molar-refractivity contribution in [2.24, 2.45) is 0 Å². The Labute approximate surface area is 234 Å². The van der Waals surface area contributed by atoms with E-state index < -0.39 is 16.1 Å². The number of thiazole rings is 1. The molecule has 0 bridgehead atoms. The summed E-state index contributed by atoms with van der Waals surface area (Å²) in [7, 11) is -2.32. The zero-order chi connectivity index (χ0) is 27.6. The fourth-order valence-electron chi connectivity index (χ4n) is 5.24. The van der Waals surface area contributed by atoms with Gasteiger partial charge in [-0.15, -0.1) is 0 Å². The summed E-state index contributed by atoms with van der Waals surface area (Å²) in [6.07, 6.45) is 1.88. The van der Waals surface area contributed by atoms with Crippen LogP contribution in [0.4, 0.5) is 5.13 Å². The molecule has 2 saturated heterocycles. The SMILES string of the molecule is COc1ccc(S(=O)(=O)N2CCCC2C(=O)N(CCCN2CCOCC2)c2nc3c(C)c(C)ccc3s2)cc1. The normalized spacial score (nSPS) is 19.0. The third-order valence-corrected chi connectivity index (χ3v) is 10.7. The van der Waals surface area contributed by atoms with Gasteiger partial charge in [-0.3, -0.25) is 14.6 Å². The van der Waals surface area contributed by atoms with Gasteiger partial charge in [0.1, 0.15) is 11.8 Å². The number of anilines is 1. The van der Waals surface area contributed by atoms with Gasteiger partial charge in [0.05, 0.1) is 35.4 Å². The number of ether oxygens (including phenoxy) is 2. The number of hydrogen-bond acceptors (Lipinski definition) is 8. The fourth-order valence-corrected chi connectivity index (χ4v) is 7.95. The molecule has 0 radical (unpaired) electrons. The Bertz CT molecular complexity index is 1420. The number of benzene rings is 2. The summed E-state index contributed by atoms with van der Waals surface area (Å²) in [5, 5.41) is 0.624. The number of sulfonamides is 1. The lowest BCUT2D eigenvalue weighted by molar-refractivity contribution is -0.121. The summed E-state index contributed by atoms with van der Waals surface area (Å²) in [5.74, 6) is 0.371. The molecule has 0 spiro atoms. The van der Waals surface area contributed by atoms with Crippen LogP contribution >= 0.6 is 11.3 Å². The number of amides is 1. The molecule has 3 heterocycles. The quantitative estimate of drug-likeness (QED) is 0.385. The molecule has 0 N–H and O–H groups in total. The number of rotatable bonds is 9. The summed E-state index contributed by atoms with van der Waals surface area (Å²) in [6.45, 7) is 8.93. The molecule has 11 heteroatoms. The summed E-state index contributed by atoms with van der Waals surface area (Å²) in [5.41, 5.74) is 3.15. The van der Waals surface area contributed by atoms with Gasteiger partial charge in [0.2, 0.25) is 15.9 Å². The van der Waals surface area contributed by atoms with Crippen molar-refractivity contribution in [1.82, 2.24) is 14.2 Å². The molecule has 2 aliphatic heterocycles. The predicted molar refractivity (Wildman–Crippen MR) is 153 cm³/mol. The van der Waals surface area contributed by atoms with Crippen molar-refractivity contribution in [3.8, 4) is 5.75 Å². The average molecular weight is 573 g/mol. The van der Waals surface area contributed by atoms with Crippen LogP contribution in [0.15, 0.2) is 41.3 Å². The van der Waals surface area contributed by atoms with Crippen molar-refractivity contribution < 1.29 is 22.7 Å². The molecule has 39 heavy (non-hydrogen) atoms. The summed E-state index contributed by atoms with van der Waals surface area (Å²) >= 11 is 1.49. The van der Waals surface area contributed by atoms with Gasteiger partial charge in [-0.05, 0) is 74.6 Å². The van der Waals surface area contributed by atoms with E-state index in [1.54, 1.807) is 17.0 Å². The molecule has 5 rings (SSSR count). The largest absolute Gasteiger partial charge is 0.497 e. The van der Waals surface area contributed by atoms with E-state index in [-0.39, 0.29) is 10.8 Å². The van der Waals surface area contributed by atoms with Crippen molar-refractivity contribution in [1.29, 1.82) is 0 Å². The topological polar surface area (TPSA) is 92.3 Å². The van der Waals surface area contributed by atoms with E-state index in [9.17, 15) is 13.2 Å². The molecule has 0 saturated carbocycles. The van der Waals surface area contributed by atoms with E-state index in [1.165, 1.54) is 34.9 Å². The van der Waals surface area contributed by atoms with Crippen LogP contribution in [0, 0.1) is 13.8 Å². The molecular weight excluding hydrogens is 536 g/mol. The number of morpholine rings is 1. The van der Waals surface area contributed by atoms with Gasteiger partial charge in [-0.1, -0.05) is 17.4 Å². The van der Waals surface area contributed by atoms with Crippen LogP contribution in [-0.2, 0) is 19.6 Å². The van der Waals surface area contributed by atoms with Gasteiger partial charge in [-0.2, -0.15) is 4.31 Å². The lowest BCUT2D eigenvalue weighted by Gasteiger charge is -2.30. The minimum Gasteiger partial charge on any atom is -0.497 e. The average Bonchev–Trinajstić information content (AvgIpc) is 3.62. The Kier molecular flexibility index (Phi) is 8.53. The minimum absolute atomic E-state index is 0.160. The summed E-state index contributed by atoms with van der Waals surface area (Å²) in [4.78, 5) is 23.3. The van der Waals surface area contributed by atoms with Gasteiger partial charge in [0.15, 0.2) is 5.13 Å². The van der Waals surface area contributed by atoms with Gasteiger partial charge >= 0.3 is 0 Å². The van der Waals surface area contributed by atoms with E-state index in [0.29, 0.717) is 36.8 Å². The van der Waals surface area contributed by atoms with Crippen molar-refractivity contribution in [3.05, 3.63) is 47.5 Å². The second kappa shape index (κ2) is 11.9. The minimum atomic E-state index is -3.86. The van der Waals surface area contributed by atoms with Crippen LogP contribution in [0.3, 0.4) is 0 Å². The molecule has 2 fully saturated rings. The Morgan fingerprint density at radius 3 is 2.59 bits per heavy atom. The molecule has 2 aliphatic rings. The lowest BCUT2D eigenvalue weighted by atomic mass is 10.1. The van der Waals surface area contributed by atoms with Crippen molar-refractivity contribution in [2.75, 3.05) is 57.9 Å². The number of hydrogen-bond donors (Lipinski definition) is 0. The number of carbonyl (C=O) groups excluding carboxylic acids is 1. The summed E-state index contributed by atoms with van der Waals surface area (Å²) in [6, 6.07) is 9.68. The molecule has 9 nitrogen and oxygen atoms in total. The van der Waals surface area contributed by atoms with Crippen LogP contribution in [0.2, 0.25) is 0 Å². The standard InChI is InChI=1S/C28H36N4O5S2/c1-20-7-12-25-26(21(20)2)29-28(38-25)31(14-5-13-30-16-18-37-19-17-30)27(33)24-6-4-15-32(24)39(34,35)23-10-8-22(36-3)9-11-23/h7-12,24H,4-6,13-19H2,1-3H3. The Balaban J connectivity index is 1.43. The summed E-state index contributed by atoms with van der Waals surface area (Å²) < 4.78 is 40.3. The van der Waals surface area contributed by atoms with E-state index in [1.807, 2.05) is 13.0 Å². The second-order valence-corrected chi connectivity index (χ2v) is 13.0. The molecule has 1 atom stereocenters. The van der Waals surface area contributed by atoms with E-state index in [2.05, 4.69) is 17.9 Å². The van der Waals surface area contributed by atoms with Crippen molar-refractivity contribution >= 4 is 42.6 Å². The van der Waals surface area contributed by atoms with Gasteiger partial charge in [0.25, 0.3) is 0 Å². The number of aryl methyl sites for hydroxylation is 2. The molecular formula is C28H36N4O5S2. The molecule has 1 unspecified atom stereocenters. The Morgan fingerprint density at radius 1 is 1.13 bits per heavy atom. The number of aromatic nitrogens is 1. The molecule has 2 aromatic carbocycles. The van der Waals surface area contributed by atoms with Gasteiger partial charge in [0, 0.05) is 32.7 Å². The van der Waals surface area contributed by atoms with Crippen molar-refractivity contribution in [2.45, 2.75) is 44.0 Å². The third-order valence-electron chi connectivity index (χ3n) is 7.68. The monoisotopic (exact) mass is 572 g/mol. The third kappa shape index (κ3) is 5.83. The van der Waals surface area contributed by atoms with Crippen molar-refractivity contribution in [3.63, 3.8) is 0 Å². The highest BCUT2D eigenvalue weighted by Gasteiger charge is 2.42. The first-order chi connectivity index (χ1) is 18.8. The molecule has 1 aromatic heterocycles. The second-order valence-electron chi connectivity index (χ2n) is 10.1. The highest BCUT2D eigenvalue weighted by molar-refractivity contribution is 7.89. The maximum atomic E-state index is 14.2. The van der Waals surface area contributed by atoms with Gasteiger partial charge in [-0.25, -0.2) is 13.4 Å². The van der Waals surface area contributed by atoms with Crippen LogP contribution in [0.25, 0.3) is 10.2 Å². The first-order valence-electron chi connectivity index (χ1n) is 13.4. The highest BCUT2D eigenvalue weighted by Crippen LogP contribution is 2.35. The molecule has 0 aliphatic carbocycles.